The molecule has 0 aliphatic carbocycles. The summed E-state index contributed by atoms with van der Waals surface area (Å²) in [7, 11) is 0. The number of hydrogen-bond donors (Lipinski definition) is 2. The topological polar surface area (TPSA) is 71.1 Å². The zero-order valence-electron chi connectivity index (χ0n) is 10.4. The van der Waals surface area contributed by atoms with Gasteiger partial charge in [0.1, 0.15) is 0 Å². The largest absolute Gasteiger partial charge is 0.271 e. The summed E-state index contributed by atoms with van der Waals surface area (Å²) in [5.74, 6) is -0.759. The fourth-order valence-corrected chi connectivity index (χ4v) is 1.58. The zero-order valence-corrected chi connectivity index (χ0v) is 10.4. The van der Waals surface area contributed by atoms with E-state index in [9.17, 15) is 9.59 Å². The fourth-order valence-electron chi connectivity index (χ4n) is 1.58. The summed E-state index contributed by atoms with van der Waals surface area (Å²) < 4.78 is 0. The first-order valence-corrected chi connectivity index (χ1v) is 5.75. The number of pyridine rings is 1. The van der Waals surface area contributed by atoms with E-state index >= 15 is 0 Å². The van der Waals surface area contributed by atoms with Crippen LogP contribution in [0.1, 0.15) is 26.3 Å². The van der Waals surface area contributed by atoms with E-state index in [-0.39, 0.29) is 5.91 Å². The number of amides is 2. The van der Waals surface area contributed by atoms with E-state index < -0.39 is 5.91 Å². The first kappa shape index (κ1) is 12.8. The van der Waals surface area contributed by atoms with Crippen molar-refractivity contribution >= 4 is 11.8 Å². The molecule has 96 valence electrons. The second-order valence-corrected chi connectivity index (χ2v) is 3.96. The van der Waals surface area contributed by atoms with Crippen molar-refractivity contribution in [3.8, 4) is 0 Å². The Balaban J connectivity index is 1.98. The smallest absolute Gasteiger partial charge is 0.267 e. The molecule has 5 nitrogen and oxygen atoms in total. The third-order valence-electron chi connectivity index (χ3n) is 2.60. The molecule has 0 saturated carbocycles. The summed E-state index contributed by atoms with van der Waals surface area (Å²) >= 11 is 0. The number of hydrazine groups is 1. The molecule has 1 aromatic carbocycles. The molecule has 19 heavy (non-hydrogen) atoms. The molecule has 5 heteroatoms. The third-order valence-corrected chi connectivity index (χ3v) is 2.60. The Labute approximate surface area is 110 Å². The highest BCUT2D eigenvalue weighted by atomic mass is 16.2. The minimum atomic E-state index is -0.407. The molecule has 0 aliphatic rings. The number of nitrogens with one attached hydrogen (secondary N) is 2. The van der Waals surface area contributed by atoms with Crippen molar-refractivity contribution < 1.29 is 9.59 Å². The number of nitrogens with zero attached hydrogens (tertiary/aromatic N) is 1. The van der Waals surface area contributed by atoms with E-state index in [4.69, 9.17) is 0 Å². The summed E-state index contributed by atoms with van der Waals surface area (Å²) in [6.07, 6.45) is 3.00. The number of benzene rings is 1. The maximum absolute atomic E-state index is 11.9. The SMILES string of the molecule is Cc1ccccc1C(=O)NNC(=O)c1cccnc1. The number of aryl methyl sites for hydroxylation is 1. The number of carbonyl (C=O) groups is 2. The first-order chi connectivity index (χ1) is 9.18. The van der Waals surface area contributed by atoms with Crippen molar-refractivity contribution in [3.63, 3.8) is 0 Å². The summed E-state index contributed by atoms with van der Waals surface area (Å²) in [5, 5.41) is 0. The second-order valence-electron chi connectivity index (χ2n) is 3.96. The van der Waals surface area contributed by atoms with Crippen LogP contribution in [0, 0.1) is 6.92 Å². The predicted octanol–water partition coefficient (Wildman–Crippen LogP) is 1.46. The fraction of sp³-hybridized carbons (Fsp3) is 0.0714. The highest BCUT2D eigenvalue weighted by Crippen LogP contribution is 2.05. The minimum absolute atomic E-state index is 0.352. The molecule has 2 amide bonds. The molecule has 0 aliphatic heterocycles. The Bertz CT molecular complexity index is 597. The van der Waals surface area contributed by atoms with Crippen LogP contribution in [-0.2, 0) is 0 Å². The van der Waals surface area contributed by atoms with Crippen molar-refractivity contribution in [2.45, 2.75) is 6.92 Å². The van der Waals surface area contributed by atoms with Gasteiger partial charge in [0.25, 0.3) is 11.8 Å². The van der Waals surface area contributed by atoms with Crippen LogP contribution in [0.2, 0.25) is 0 Å². The second kappa shape index (κ2) is 5.77. The van der Waals surface area contributed by atoms with Crippen LogP contribution < -0.4 is 10.9 Å². The van der Waals surface area contributed by atoms with Crippen molar-refractivity contribution in [3.05, 3.63) is 65.5 Å². The van der Waals surface area contributed by atoms with Crippen molar-refractivity contribution in [2.75, 3.05) is 0 Å². The number of hydrogen-bond acceptors (Lipinski definition) is 3. The standard InChI is InChI=1S/C14H13N3O2/c1-10-5-2-3-7-12(10)14(19)17-16-13(18)11-6-4-8-15-9-11/h2-9H,1H3,(H,16,18)(H,17,19). The van der Waals surface area contributed by atoms with Crippen molar-refractivity contribution in [1.82, 2.24) is 15.8 Å². The van der Waals surface area contributed by atoms with Crippen LogP contribution in [0.5, 0.6) is 0 Å². The molecule has 2 N–H and O–H groups in total. The molecular weight excluding hydrogens is 242 g/mol. The molecule has 0 radical (unpaired) electrons. The maximum atomic E-state index is 11.9. The molecular formula is C14H13N3O2. The molecule has 0 unspecified atom stereocenters. The Morgan fingerprint density at radius 1 is 1.00 bits per heavy atom. The number of rotatable bonds is 2. The molecule has 1 aromatic heterocycles. The quantitative estimate of drug-likeness (QED) is 0.798. The third kappa shape index (κ3) is 3.16. The Morgan fingerprint density at radius 2 is 1.74 bits per heavy atom. The first-order valence-electron chi connectivity index (χ1n) is 5.75. The Morgan fingerprint density at radius 3 is 2.42 bits per heavy atom. The van der Waals surface area contributed by atoms with E-state index in [1.165, 1.54) is 6.20 Å². The minimum Gasteiger partial charge on any atom is -0.267 e. The van der Waals surface area contributed by atoms with E-state index in [2.05, 4.69) is 15.8 Å². The highest BCUT2D eigenvalue weighted by molar-refractivity contribution is 5.99. The normalized spacial score (nSPS) is 9.74. The predicted molar refractivity (Wildman–Crippen MR) is 70.3 cm³/mol. The molecule has 0 bridgehead atoms. The van der Waals surface area contributed by atoms with E-state index in [0.717, 1.165) is 5.56 Å². The van der Waals surface area contributed by atoms with E-state index in [1.54, 1.807) is 30.5 Å². The maximum Gasteiger partial charge on any atom is 0.271 e. The van der Waals surface area contributed by atoms with Gasteiger partial charge in [-0.25, -0.2) is 0 Å². The summed E-state index contributed by atoms with van der Waals surface area (Å²) in [5.41, 5.74) is 6.47. The van der Waals surface area contributed by atoms with Gasteiger partial charge >= 0.3 is 0 Å². The van der Waals surface area contributed by atoms with Gasteiger partial charge in [-0.3, -0.25) is 25.4 Å². The van der Waals surface area contributed by atoms with Crippen LogP contribution in [0.15, 0.2) is 48.8 Å². The number of carbonyl (C=O) groups excluding carboxylic acids is 2. The van der Waals surface area contributed by atoms with Gasteiger partial charge < -0.3 is 0 Å². The van der Waals surface area contributed by atoms with Gasteiger partial charge in [-0.15, -0.1) is 0 Å². The van der Waals surface area contributed by atoms with Crippen LogP contribution >= 0.6 is 0 Å². The monoisotopic (exact) mass is 255 g/mol. The van der Waals surface area contributed by atoms with Gasteiger partial charge in [0.15, 0.2) is 0 Å². The lowest BCUT2D eigenvalue weighted by Gasteiger charge is -2.08. The molecule has 0 fully saturated rings. The molecule has 2 aromatic rings. The lowest BCUT2D eigenvalue weighted by atomic mass is 10.1. The van der Waals surface area contributed by atoms with Crippen LogP contribution in [0.3, 0.4) is 0 Å². The number of aromatic nitrogens is 1. The molecule has 0 atom stereocenters. The lowest BCUT2D eigenvalue weighted by Crippen LogP contribution is -2.41. The van der Waals surface area contributed by atoms with Gasteiger partial charge in [0, 0.05) is 18.0 Å². The summed E-state index contributed by atoms with van der Waals surface area (Å²) in [4.78, 5) is 27.4. The van der Waals surface area contributed by atoms with Crippen molar-refractivity contribution in [1.29, 1.82) is 0 Å². The molecule has 0 spiro atoms. The van der Waals surface area contributed by atoms with Gasteiger partial charge in [-0.2, -0.15) is 0 Å². The highest BCUT2D eigenvalue weighted by Gasteiger charge is 2.10. The molecule has 2 rings (SSSR count). The van der Waals surface area contributed by atoms with Crippen LogP contribution in [-0.4, -0.2) is 16.8 Å². The van der Waals surface area contributed by atoms with Crippen molar-refractivity contribution in [2.24, 2.45) is 0 Å². The molecule has 0 saturated heterocycles. The van der Waals surface area contributed by atoms with Gasteiger partial charge in [0.05, 0.1) is 5.56 Å². The average molecular weight is 255 g/mol. The molecule has 1 heterocycles. The van der Waals surface area contributed by atoms with E-state index in [1.807, 2.05) is 19.1 Å². The summed E-state index contributed by atoms with van der Waals surface area (Å²) in [6, 6.07) is 10.4. The van der Waals surface area contributed by atoms with Crippen LogP contribution in [0.25, 0.3) is 0 Å². The van der Waals surface area contributed by atoms with Crippen LogP contribution in [0.4, 0.5) is 0 Å². The Kier molecular flexibility index (Phi) is 3.87. The summed E-state index contributed by atoms with van der Waals surface area (Å²) in [6.45, 7) is 1.83. The van der Waals surface area contributed by atoms with Gasteiger partial charge in [0.2, 0.25) is 0 Å². The zero-order chi connectivity index (χ0) is 13.7. The van der Waals surface area contributed by atoms with Gasteiger partial charge in [-0.05, 0) is 30.7 Å². The lowest BCUT2D eigenvalue weighted by molar-refractivity contribution is 0.0846. The van der Waals surface area contributed by atoms with E-state index in [0.29, 0.717) is 11.1 Å². The van der Waals surface area contributed by atoms with Gasteiger partial charge in [-0.1, -0.05) is 18.2 Å². The Hall–Kier alpha value is -2.69. The average Bonchev–Trinajstić information content (AvgIpc) is 2.46.